The van der Waals surface area contributed by atoms with E-state index in [0.717, 1.165) is 56.7 Å². The molecule has 0 bridgehead atoms. The lowest BCUT2D eigenvalue weighted by Crippen LogP contribution is -2.81. The molecule has 6 nitrogen and oxygen atoms in total. The molecular formula is C21H34N5O+. The molecule has 2 aromatic rings. The first kappa shape index (κ1) is 18.7. The van der Waals surface area contributed by atoms with Crippen LogP contribution < -0.4 is 10.6 Å². The summed E-state index contributed by atoms with van der Waals surface area (Å²) in [5.74, 6) is 1.34. The number of quaternary nitrogens is 1. The average Bonchev–Trinajstić information content (AvgIpc) is 3.30. The number of aliphatic hydroxyl groups is 1. The van der Waals surface area contributed by atoms with Crippen LogP contribution in [0, 0.1) is 0 Å². The quantitative estimate of drug-likeness (QED) is 0.728. The van der Waals surface area contributed by atoms with Crippen molar-refractivity contribution >= 4 is 17.0 Å². The van der Waals surface area contributed by atoms with Crippen LogP contribution in [-0.4, -0.2) is 44.9 Å². The molecule has 1 saturated carbocycles. The highest BCUT2D eigenvalue weighted by molar-refractivity contribution is 5.81. The third-order valence-corrected chi connectivity index (χ3v) is 6.37. The maximum Gasteiger partial charge on any atom is 0.224 e. The Hall–Kier alpha value is -1.66. The zero-order valence-corrected chi connectivity index (χ0v) is 16.7. The van der Waals surface area contributed by atoms with Crippen LogP contribution in [0.1, 0.15) is 76.3 Å². The molecule has 2 aromatic heterocycles. The molecule has 27 heavy (non-hydrogen) atoms. The molecule has 0 aromatic carbocycles. The molecule has 1 aliphatic carbocycles. The van der Waals surface area contributed by atoms with Crippen molar-refractivity contribution in [1.29, 1.82) is 0 Å². The predicted molar refractivity (Wildman–Crippen MR) is 108 cm³/mol. The molecule has 1 saturated heterocycles. The van der Waals surface area contributed by atoms with Gasteiger partial charge < -0.3 is 20.3 Å². The van der Waals surface area contributed by atoms with Gasteiger partial charge in [0.1, 0.15) is 5.65 Å². The number of anilines is 1. The molecule has 2 aliphatic rings. The number of hydrogen-bond acceptors (Lipinski definition) is 4. The Morgan fingerprint density at radius 3 is 2.81 bits per heavy atom. The second kappa shape index (κ2) is 8.15. The molecule has 148 valence electrons. The van der Waals surface area contributed by atoms with Crippen LogP contribution in [0.3, 0.4) is 0 Å². The molecule has 1 aliphatic heterocycles. The molecule has 2 atom stereocenters. The minimum absolute atomic E-state index is 0.131. The predicted octanol–water partition coefficient (Wildman–Crippen LogP) is 2.56. The van der Waals surface area contributed by atoms with E-state index >= 15 is 0 Å². The maximum absolute atomic E-state index is 9.91. The van der Waals surface area contributed by atoms with Crippen molar-refractivity contribution in [3.8, 4) is 0 Å². The smallest absolute Gasteiger partial charge is 0.224 e. The number of rotatable bonds is 6. The lowest BCUT2D eigenvalue weighted by Gasteiger charge is -2.27. The van der Waals surface area contributed by atoms with Gasteiger partial charge in [0, 0.05) is 42.2 Å². The Balaban J connectivity index is 1.69. The number of hydrogen-bond donors (Lipinski definition) is 3. The van der Waals surface area contributed by atoms with Gasteiger partial charge in [0.2, 0.25) is 5.95 Å². The van der Waals surface area contributed by atoms with Crippen molar-refractivity contribution in [3.63, 3.8) is 0 Å². The van der Waals surface area contributed by atoms with Crippen molar-refractivity contribution in [2.75, 3.05) is 18.4 Å². The van der Waals surface area contributed by atoms with Crippen LogP contribution in [0.25, 0.3) is 11.0 Å². The van der Waals surface area contributed by atoms with Gasteiger partial charge in [0.05, 0.1) is 19.2 Å². The number of fused-ring (bicyclic) bond motifs is 1. The van der Waals surface area contributed by atoms with Gasteiger partial charge in [0.25, 0.3) is 0 Å². The topological polar surface area (TPSA) is 79.6 Å². The van der Waals surface area contributed by atoms with Crippen LogP contribution >= 0.6 is 0 Å². The summed E-state index contributed by atoms with van der Waals surface area (Å²) < 4.78 is 2.40. The maximum atomic E-state index is 9.91. The molecule has 4 N–H and O–H groups in total. The number of aliphatic hydroxyl groups excluding tert-OH is 1. The SMILES string of the molecule is CCCC(C)Nc1ncc2c(C3CC[NH2+]C3)cn(C3CCC(O)CC3)c2n1. The third kappa shape index (κ3) is 3.97. The summed E-state index contributed by atoms with van der Waals surface area (Å²) in [5.41, 5.74) is 2.48. The van der Waals surface area contributed by atoms with Crippen LogP contribution in [0.2, 0.25) is 0 Å². The second-order valence-electron chi connectivity index (χ2n) is 8.52. The largest absolute Gasteiger partial charge is 0.393 e. The Morgan fingerprint density at radius 1 is 1.30 bits per heavy atom. The van der Waals surface area contributed by atoms with E-state index in [0.29, 0.717) is 18.0 Å². The normalized spacial score (nSPS) is 27.1. The first-order chi connectivity index (χ1) is 13.2. The number of nitrogens with zero attached hydrogens (tertiary/aromatic N) is 3. The summed E-state index contributed by atoms with van der Waals surface area (Å²) in [6, 6.07) is 0.815. The molecular weight excluding hydrogens is 338 g/mol. The van der Waals surface area contributed by atoms with Crippen molar-refractivity contribution in [2.24, 2.45) is 0 Å². The highest BCUT2D eigenvalue weighted by Crippen LogP contribution is 2.36. The molecule has 0 radical (unpaired) electrons. The van der Waals surface area contributed by atoms with Gasteiger partial charge in [0.15, 0.2) is 0 Å². The van der Waals surface area contributed by atoms with Crippen LogP contribution in [0.5, 0.6) is 0 Å². The van der Waals surface area contributed by atoms with E-state index in [4.69, 9.17) is 4.98 Å². The van der Waals surface area contributed by atoms with E-state index in [-0.39, 0.29) is 6.10 Å². The van der Waals surface area contributed by atoms with Crippen molar-refractivity contribution in [3.05, 3.63) is 18.0 Å². The molecule has 2 unspecified atom stereocenters. The fourth-order valence-corrected chi connectivity index (χ4v) is 4.83. The summed E-state index contributed by atoms with van der Waals surface area (Å²) in [6.45, 7) is 6.77. The van der Waals surface area contributed by atoms with E-state index in [1.54, 1.807) is 0 Å². The third-order valence-electron chi connectivity index (χ3n) is 6.37. The van der Waals surface area contributed by atoms with Crippen molar-refractivity contribution in [1.82, 2.24) is 14.5 Å². The van der Waals surface area contributed by atoms with Gasteiger partial charge in [-0.25, -0.2) is 4.98 Å². The van der Waals surface area contributed by atoms with E-state index in [1.807, 2.05) is 6.20 Å². The van der Waals surface area contributed by atoms with Gasteiger partial charge in [-0.2, -0.15) is 4.98 Å². The molecule has 0 amide bonds. The number of nitrogens with one attached hydrogen (secondary N) is 1. The van der Waals surface area contributed by atoms with Crippen LogP contribution in [-0.2, 0) is 0 Å². The van der Waals surface area contributed by atoms with Crippen LogP contribution in [0.15, 0.2) is 12.4 Å². The van der Waals surface area contributed by atoms with Crippen molar-refractivity contribution in [2.45, 2.75) is 82.9 Å². The first-order valence-corrected chi connectivity index (χ1v) is 10.8. The minimum atomic E-state index is -0.131. The Kier molecular flexibility index (Phi) is 5.64. The molecule has 6 heteroatoms. The standard InChI is InChI=1S/C21H33N5O/c1-3-4-14(2)24-21-23-12-18-19(15-9-10-22-11-15)13-26(20(18)25-21)16-5-7-17(27)8-6-16/h12-17,22,27H,3-11H2,1-2H3,(H,23,24,25)/p+1. The van der Waals surface area contributed by atoms with E-state index in [2.05, 4.69) is 40.2 Å². The average molecular weight is 373 g/mol. The minimum Gasteiger partial charge on any atom is -0.393 e. The lowest BCUT2D eigenvalue weighted by molar-refractivity contribution is -0.636. The van der Waals surface area contributed by atoms with Gasteiger partial charge in [-0.15, -0.1) is 0 Å². The zero-order valence-electron chi connectivity index (χ0n) is 16.7. The summed E-state index contributed by atoms with van der Waals surface area (Å²) in [6.07, 6.45) is 11.6. The fourth-order valence-electron chi connectivity index (χ4n) is 4.83. The molecule has 2 fully saturated rings. The zero-order chi connectivity index (χ0) is 18.8. The van der Waals surface area contributed by atoms with E-state index in [9.17, 15) is 5.11 Å². The van der Waals surface area contributed by atoms with E-state index in [1.165, 1.54) is 23.9 Å². The van der Waals surface area contributed by atoms with Gasteiger partial charge >= 0.3 is 0 Å². The summed E-state index contributed by atoms with van der Waals surface area (Å²) in [4.78, 5) is 9.60. The summed E-state index contributed by atoms with van der Waals surface area (Å²) >= 11 is 0. The highest BCUT2D eigenvalue weighted by atomic mass is 16.3. The Bertz CT molecular complexity index is 759. The number of nitrogens with two attached hydrogens (primary N) is 1. The number of aromatic nitrogens is 3. The summed E-state index contributed by atoms with van der Waals surface area (Å²) in [5, 5.41) is 17.0. The monoisotopic (exact) mass is 372 g/mol. The van der Waals surface area contributed by atoms with E-state index < -0.39 is 0 Å². The lowest BCUT2D eigenvalue weighted by atomic mass is 9.93. The molecule has 4 rings (SSSR count). The highest BCUT2D eigenvalue weighted by Gasteiger charge is 2.28. The first-order valence-electron chi connectivity index (χ1n) is 10.8. The van der Waals surface area contributed by atoms with Gasteiger partial charge in [-0.3, -0.25) is 0 Å². The van der Waals surface area contributed by atoms with Gasteiger partial charge in [-0.1, -0.05) is 13.3 Å². The molecule has 0 spiro atoms. The molecule has 3 heterocycles. The van der Waals surface area contributed by atoms with Gasteiger partial charge in [-0.05, 0) is 44.6 Å². The van der Waals surface area contributed by atoms with Crippen LogP contribution in [0.4, 0.5) is 5.95 Å². The second-order valence-corrected chi connectivity index (χ2v) is 8.52. The fraction of sp³-hybridized carbons (Fsp3) is 0.714. The Labute approximate surface area is 161 Å². The summed E-state index contributed by atoms with van der Waals surface area (Å²) in [7, 11) is 0. The van der Waals surface area contributed by atoms with Crippen molar-refractivity contribution < 1.29 is 10.4 Å². The Morgan fingerprint density at radius 2 is 2.11 bits per heavy atom.